The third kappa shape index (κ3) is 4.44. The van der Waals surface area contributed by atoms with E-state index in [-0.39, 0.29) is 5.91 Å². The van der Waals surface area contributed by atoms with E-state index in [4.69, 9.17) is 4.74 Å². The highest BCUT2D eigenvalue weighted by Gasteiger charge is 2.46. The highest BCUT2D eigenvalue weighted by atomic mass is 16.5. The van der Waals surface area contributed by atoms with Crippen LogP contribution in [0, 0.1) is 11.3 Å². The van der Waals surface area contributed by atoms with Gasteiger partial charge in [0.1, 0.15) is 0 Å². The van der Waals surface area contributed by atoms with E-state index in [1.165, 1.54) is 25.7 Å². The molecule has 1 spiro atoms. The zero-order valence-electron chi connectivity index (χ0n) is 15.7. The lowest BCUT2D eigenvalue weighted by Gasteiger charge is -2.52. The molecule has 3 aliphatic rings. The number of amides is 1. The Hall–Kier alpha value is -1.46. The standard InChI is InChI=1S/C21H31N3O2/c25-20(13-17-4-11-26-12-5-17)23-19-14-21(15-19)6-9-24(10-7-21)16-18-3-1-2-8-22-18/h1-3,8,17,19H,4-7,9-16H2,(H,23,25). The Labute approximate surface area is 156 Å². The van der Waals surface area contributed by atoms with E-state index >= 15 is 0 Å². The summed E-state index contributed by atoms with van der Waals surface area (Å²) in [6, 6.07) is 6.55. The number of nitrogens with one attached hydrogen (secondary N) is 1. The Bertz CT molecular complexity index is 585. The van der Waals surface area contributed by atoms with Crippen LogP contribution >= 0.6 is 0 Å². The van der Waals surface area contributed by atoms with Crippen LogP contribution in [0.5, 0.6) is 0 Å². The molecule has 0 atom stereocenters. The molecule has 0 unspecified atom stereocenters. The molecule has 3 heterocycles. The summed E-state index contributed by atoms with van der Waals surface area (Å²) in [5.41, 5.74) is 1.65. The Morgan fingerprint density at radius 2 is 2.00 bits per heavy atom. The summed E-state index contributed by atoms with van der Waals surface area (Å²) in [7, 11) is 0. The third-order valence-electron chi connectivity index (χ3n) is 6.57. The normalized spacial score (nSPS) is 24.3. The first-order valence-corrected chi connectivity index (χ1v) is 10.2. The van der Waals surface area contributed by atoms with Crippen molar-refractivity contribution in [3.8, 4) is 0 Å². The summed E-state index contributed by atoms with van der Waals surface area (Å²) in [6.07, 6.45) is 9.49. The molecule has 1 saturated carbocycles. The van der Waals surface area contributed by atoms with Gasteiger partial charge < -0.3 is 10.1 Å². The molecule has 26 heavy (non-hydrogen) atoms. The average molecular weight is 357 g/mol. The summed E-state index contributed by atoms with van der Waals surface area (Å²) < 4.78 is 5.38. The number of pyridine rings is 1. The predicted molar refractivity (Wildman–Crippen MR) is 101 cm³/mol. The van der Waals surface area contributed by atoms with Gasteiger partial charge in [-0.25, -0.2) is 0 Å². The van der Waals surface area contributed by atoms with Crippen molar-refractivity contribution in [1.29, 1.82) is 0 Å². The van der Waals surface area contributed by atoms with Gasteiger partial charge in [0.05, 0.1) is 5.69 Å². The molecular weight excluding hydrogens is 326 g/mol. The van der Waals surface area contributed by atoms with Gasteiger partial charge in [-0.3, -0.25) is 14.7 Å². The summed E-state index contributed by atoms with van der Waals surface area (Å²) >= 11 is 0. The van der Waals surface area contributed by atoms with Crippen LogP contribution in [0.2, 0.25) is 0 Å². The number of carbonyl (C=O) groups is 1. The monoisotopic (exact) mass is 357 g/mol. The molecule has 1 aromatic rings. The second-order valence-electron chi connectivity index (χ2n) is 8.53. The maximum absolute atomic E-state index is 12.3. The molecular formula is C21H31N3O2. The Balaban J connectivity index is 1.16. The number of nitrogens with zero attached hydrogens (tertiary/aromatic N) is 2. The maximum Gasteiger partial charge on any atom is 0.220 e. The van der Waals surface area contributed by atoms with Crippen LogP contribution in [0.15, 0.2) is 24.4 Å². The fourth-order valence-electron chi connectivity index (χ4n) is 4.90. The van der Waals surface area contributed by atoms with Crippen molar-refractivity contribution in [1.82, 2.24) is 15.2 Å². The lowest BCUT2D eigenvalue weighted by atomic mass is 9.60. The molecule has 2 aliphatic heterocycles. The summed E-state index contributed by atoms with van der Waals surface area (Å²) in [4.78, 5) is 19.2. The third-order valence-corrected chi connectivity index (χ3v) is 6.57. The number of piperidine rings is 1. The van der Waals surface area contributed by atoms with Crippen molar-refractivity contribution in [2.45, 2.75) is 57.5 Å². The molecule has 1 amide bonds. The van der Waals surface area contributed by atoms with Crippen LogP contribution in [0.4, 0.5) is 0 Å². The Kier molecular flexibility index (Phi) is 5.55. The lowest BCUT2D eigenvalue weighted by Crippen LogP contribution is -2.55. The first-order chi connectivity index (χ1) is 12.7. The van der Waals surface area contributed by atoms with Gasteiger partial charge >= 0.3 is 0 Å². The number of hydrogen-bond acceptors (Lipinski definition) is 4. The predicted octanol–water partition coefficient (Wildman–Crippen LogP) is 2.76. The van der Waals surface area contributed by atoms with E-state index < -0.39 is 0 Å². The van der Waals surface area contributed by atoms with E-state index in [0.29, 0.717) is 23.8 Å². The van der Waals surface area contributed by atoms with Gasteiger partial charge in [-0.15, -0.1) is 0 Å². The largest absolute Gasteiger partial charge is 0.381 e. The molecule has 0 aromatic carbocycles. The van der Waals surface area contributed by atoms with Crippen LogP contribution in [0.1, 0.15) is 50.6 Å². The van der Waals surface area contributed by atoms with Crippen LogP contribution < -0.4 is 5.32 Å². The first-order valence-electron chi connectivity index (χ1n) is 10.2. The number of hydrogen-bond donors (Lipinski definition) is 1. The van der Waals surface area contributed by atoms with Gasteiger partial charge in [-0.1, -0.05) is 6.07 Å². The van der Waals surface area contributed by atoms with E-state index in [0.717, 1.165) is 51.4 Å². The van der Waals surface area contributed by atoms with Crippen molar-refractivity contribution >= 4 is 5.91 Å². The van der Waals surface area contributed by atoms with Crippen molar-refractivity contribution in [2.75, 3.05) is 26.3 Å². The minimum Gasteiger partial charge on any atom is -0.381 e. The zero-order valence-corrected chi connectivity index (χ0v) is 15.7. The van der Waals surface area contributed by atoms with Crippen molar-refractivity contribution in [3.05, 3.63) is 30.1 Å². The first kappa shape index (κ1) is 17.9. The van der Waals surface area contributed by atoms with Gasteiger partial charge in [-0.2, -0.15) is 0 Å². The van der Waals surface area contributed by atoms with Crippen molar-refractivity contribution in [2.24, 2.45) is 11.3 Å². The second kappa shape index (κ2) is 8.05. The van der Waals surface area contributed by atoms with Crippen molar-refractivity contribution in [3.63, 3.8) is 0 Å². The number of rotatable bonds is 5. The highest BCUT2D eigenvalue weighted by molar-refractivity contribution is 5.76. The number of aromatic nitrogens is 1. The minimum atomic E-state index is 0.254. The Morgan fingerprint density at radius 1 is 1.23 bits per heavy atom. The van der Waals surface area contributed by atoms with Gasteiger partial charge in [0, 0.05) is 38.4 Å². The molecule has 3 fully saturated rings. The fraction of sp³-hybridized carbons (Fsp3) is 0.714. The van der Waals surface area contributed by atoms with Gasteiger partial charge in [0.2, 0.25) is 5.91 Å². The van der Waals surface area contributed by atoms with Crippen LogP contribution in [0.3, 0.4) is 0 Å². The van der Waals surface area contributed by atoms with Crippen molar-refractivity contribution < 1.29 is 9.53 Å². The Morgan fingerprint density at radius 3 is 2.69 bits per heavy atom. The SMILES string of the molecule is O=C(CC1CCOCC1)NC1CC2(CCN(Cc3ccccn3)CC2)C1. The minimum absolute atomic E-state index is 0.254. The fourth-order valence-corrected chi connectivity index (χ4v) is 4.90. The summed E-state index contributed by atoms with van der Waals surface area (Å²) in [6.45, 7) is 4.90. The smallest absolute Gasteiger partial charge is 0.220 e. The van der Waals surface area contributed by atoms with Crippen LogP contribution in [-0.2, 0) is 16.1 Å². The van der Waals surface area contributed by atoms with Crippen LogP contribution in [0.25, 0.3) is 0 Å². The number of ether oxygens (including phenoxy) is 1. The molecule has 4 rings (SSSR count). The molecule has 1 aromatic heterocycles. The topological polar surface area (TPSA) is 54.5 Å². The highest BCUT2D eigenvalue weighted by Crippen LogP contribution is 2.49. The quantitative estimate of drug-likeness (QED) is 0.880. The second-order valence-corrected chi connectivity index (χ2v) is 8.53. The summed E-state index contributed by atoms with van der Waals surface area (Å²) in [5.74, 6) is 0.775. The zero-order chi connectivity index (χ0) is 17.8. The lowest BCUT2D eigenvalue weighted by molar-refractivity contribution is -0.125. The van der Waals surface area contributed by atoms with Gasteiger partial charge in [-0.05, 0) is 75.1 Å². The number of carbonyl (C=O) groups excluding carboxylic acids is 1. The molecule has 2 saturated heterocycles. The number of likely N-dealkylation sites (tertiary alicyclic amines) is 1. The molecule has 1 N–H and O–H groups in total. The van der Waals surface area contributed by atoms with Gasteiger partial charge in [0.25, 0.3) is 0 Å². The van der Waals surface area contributed by atoms with E-state index in [9.17, 15) is 4.79 Å². The van der Waals surface area contributed by atoms with E-state index in [1.54, 1.807) is 0 Å². The van der Waals surface area contributed by atoms with E-state index in [1.807, 2.05) is 12.3 Å². The summed E-state index contributed by atoms with van der Waals surface area (Å²) in [5, 5.41) is 3.28. The molecule has 1 aliphatic carbocycles. The van der Waals surface area contributed by atoms with Crippen LogP contribution in [-0.4, -0.2) is 48.1 Å². The molecule has 142 valence electrons. The van der Waals surface area contributed by atoms with Gasteiger partial charge in [0.15, 0.2) is 0 Å². The van der Waals surface area contributed by atoms with E-state index in [2.05, 4.69) is 27.3 Å². The molecule has 5 nitrogen and oxygen atoms in total. The average Bonchev–Trinajstić information content (AvgIpc) is 2.64. The maximum atomic E-state index is 12.3. The molecule has 0 radical (unpaired) electrons. The molecule has 0 bridgehead atoms. The molecule has 5 heteroatoms.